The number of carbonyl (C=O) groups is 1. The van der Waals surface area contributed by atoms with E-state index < -0.39 is 0 Å². The lowest BCUT2D eigenvalue weighted by Gasteiger charge is -2.12. The Morgan fingerprint density at radius 3 is 2.52 bits per heavy atom. The number of hydrogen-bond donors (Lipinski definition) is 1. The van der Waals surface area contributed by atoms with E-state index in [2.05, 4.69) is 10.3 Å². The number of para-hydroxylation sites is 1. The lowest BCUT2D eigenvalue weighted by molar-refractivity contribution is 0.102. The SMILES string of the molecule is COc1ccc(C(=O)Nc2ccccc2-c2csc(C)n2)cc1OC. The van der Waals surface area contributed by atoms with Crippen LogP contribution in [0.4, 0.5) is 5.69 Å². The first-order valence-corrected chi connectivity index (χ1v) is 8.55. The van der Waals surface area contributed by atoms with Crippen LogP contribution in [0.3, 0.4) is 0 Å². The molecular formula is C19H18N2O3S. The van der Waals surface area contributed by atoms with Gasteiger partial charge in [-0.15, -0.1) is 11.3 Å². The maximum absolute atomic E-state index is 12.6. The highest BCUT2D eigenvalue weighted by Gasteiger charge is 2.14. The van der Waals surface area contributed by atoms with E-state index in [4.69, 9.17) is 9.47 Å². The van der Waals surface area contributed by atoms with E-state index in [1.54, 1.807) is 43.8 Å². The second-order valence-corrected chi connectivity index (χ2v) is 6.38. The van der Waals surface area contributed by atoms with Crippen LogP contribution in [0.2, 0.25) is 0 Å². The molecule has 128 valence electrons. The van der Waals surface area contributed by atoms with Gasteiger partial charge in [-0.25, -0.2) is 4.98 Å². The molecule has 5 nitrogen and oxygen atoms in total. The van der Waals surface area contributed by atoms with Crippen LogP contribution in [-0.4, -0.2) is 25.1 Å². The van der Waals surface area contributed by atoms with Crippen molar-refractivity contribution in [2.75, 3.05) is 19.5 Å². The molecule has 0 saturated heterocycles. The lowest BCUT2D eigenvalue weighted by atomic mass is 10.1. The molecule has 3 aromatic rings. The van der Waals surface area contributed by atoms with Gasteiger partial charge in [0, 0.05) is 16.5 Å². The average molecular weight is 354 g/mol. The molecule has 0 aliphatic heterocycles. The van der Waals surface area contributed by atoms with Gasteiger partial charge in [0.1, 0.15) is 0 Å². The van der Waals surface area contributed by atoms with Crippen molar-refractivity contribution >= 4 is 22.9 Å². The van der Waals surface area contributed by atoms with Crippen LogP contribution in [0, 0.1) is 6.92 Å². The third-order valence-corrected chi connectivity index (χ3v) is 4.49. The zero-order valence-electron chi connectivity index (χ0n) is 14.2. The van der Waals surface area contributed by atoms with E-state index in [1.165, 1.54) is 0 Å². The highest BCUT2D eigenvalue weighted by Crippen LogP contribution is 2.31. The standard InChI is InChI=1S/C19H18N2O3S/c1-12-20-16(11-25-12)14-6-4-5-7-15(14)21-19(22)13-8-9-17(23-2)18(10-13)24-3/h4-11H,1-3H3,(H,21,22). The molecule has 1 heterocycles. The topological polar surface area (TPSA) is 60.5 Å². The highest BCUT2D eigenvalue weighted by molar-refractivity contribution is 7.09. The van der Waals surface area contributed by atoms with Crippen molar-refractivity contribution in [3.63, 3.8) is 0 Å². The summed E-state index contributed by atoms with van der Waals surface area (Å²) >= 11 is 1.58. The van der Waals surface area contributed by atoms with Crippen LogP contribution >= 0.6 is 11.3 Å². The van der Waals surface area contributed by atoms with Gasteiger partial charge in [0.05, 0.1) is 30.6 Å². The van der Waals surface area contributed by atoms with E-state index in [0.29, 0.717) is 22.7 Å². The fraction of sp³-hybridized carbons (Fsp3) is 0.158. The summed E-state index contributed by atoms with van der Waals surface area (Å²) in [5.41, 5.74) is 2.95. The lowest BCUT2D eigenvalue weighted by Crippen LogP contribution is -2.13. The van der Waals surface area contributed by atoms with Gasteiger partial charge in [-0.3, -0.25) is 4.79 Å². The van der Waals surface area contributed by atoms with E-state index in [0.717, 1.165) is 16.3 Å². The Hall–Kier alpha value is -2.86. The number of carbonyl (C=O) groups excluding carboxylic acids is 1. The average Bonchev–Trinajstić information content (AvgIpc) is 3.07. The molecule has 0 unspecified atom stereocenters. The quantitative estimate of drug-likeness (QED) is 0.738. The summed E-state index contributed by atoms with van der Waals surface area (Å²) in [6.07, 6.45) is 0. The third kappa shape index (κ3) is 3.64. The number of aryl methyl sites for hydroxylation is 1. The molecule has 0 fully saturated rings. The molecular weight excluding hydrogens is 336 g/mol. The normalized spacial score (nSPS) is 10.4. The molecule has 0 radical (unpaired) electrons. The van der Waals surface area contributed by atoms with Crippen LogP contribution in [0.5, 0.6) is 11.5 Å². The Balaban J connectivity index is 1.89. The van der Waals surface area contributed by atoms with Gasteiger partial charge in [0.2, 0.25) is 0 Å². The summed E-state index contributed by atoms with van der Waals surface area (Å²) in [5, 5.41) is 5.92. The zero-order valence-corrected chi connectivity index (χ0v) is 15.0. The Morgan fingerprint density at radius 2 is 1.84 bits per heavy atom. The first-order chi connectivity index (χ1) is 12.1. The minimum atomic E-state index is -0.222. The van der Waals surface area contributed by atoms with Gasteiger partial charge in [0.15, 0.2) is 11.5 Å². The van der Waals surface area contributed by atoms with E-state index in [9.17, 15) is 4.79 Å². The molecule has 25 heavy (non-hydrogen) atoms. The summed E-state index contributed by atoms with van der Waals surface area (Å²) in [6, 6.07) is 12.7. The molecule has 0 atom stereocenters. The summed E-state index contributed by atoms with van der Waals surface area (Å²) in [7, 11) is 3.10. The number of amides is 1. The molecule has 0 bridgehead atoms. The number of thiazole rings is 1. The number of aromatic nitrogens is 1. The van der Waals surface area contributed by atoms with Gasteiger partial charge >= 0.3 is 0 Å². The number of nitrogens with zero attached hydrogens (tertiary/aromatic N) is 1. The van der Waals surface area contributed by atoms with Crippen molar-refractivity contribution < 1.29 is 14.3 Å². The summed E-state index contributed by atoms with van der Waals surface area (Å²) < 4.78 is 10.5. The Bertz CT molecular complexity index is 905. The molecule has 0 spiro atoms. The fourth-order valence-corrected chi connectivity index (χ4v) is 3.09. The molecule has 1 N–H and O–H groups in total. The number of rotatable bonds is 5. The van der Waals surface area contributed by atoms with Crippen LogP contribution in [0.15, 0.2) is 47.8 Å². The number of methoxy groups -OCH3 is 2. The molecule has 1 amide bonds. The minimum absolute atomic E-state index is 0.222. The van der Waals surface area contributed by atoms with Crippen molar-refractivity contribution in [3.8, 4) is 22.8 Å². The maximum Gasteiger partial charge on any atom is 0.255 e. The number of hydrogen-bond acceptors (Lipinski definition) is 5. The van der Waals surface area contributed by atoms with Crippen molar-refractivity contribution in [2.45, 2.75) is 6.92 Å². The van der Waals surface area contributed by atoms with Gasteiger partial charge in [-0.2, -0.15) is 0 Å². The molecule has 0 aliphatic rings. The molecule has 2 aromatic carbocycles. The highest BCUT2D eigenvalue weighted by atomic mass is 32.1. The second-order valence-electron chi connectivity index (χ2n) is 5.32. The van der Waals surface area contributed by atoms with E-state index >= 15 is 0 Å². The van der Waals surface area contributed by atoms with Crippen molar-refractivity contribution in [3.05, 3.63) is 58.4 Å². The zero-order chi connectivity index (χ0) is 17.8. The van der Waals surface area contributed by atoms with Crippen LogP contribution < -0.4 is 14.8 Å². The summed E-state index contributed by atoms with van der Waals surface area (Å²) in [4.78, 5) is 17.1. The van der Waals surface area contributed by atoms with Crippen molar-refractivity contribution in [1.82, 2.24) is 4.98 Å². The van der Waals surface area contributed by atoms with Crippen molar-refractivity contribution in [1.29, 1.82) is 0 Å². The second kappa shape index (κ2) is 7.36. The number of ether oxygens (including phenoxy) is 2. The number of benzene rings is 2. The third-order valence-electron chi connectivity index (χ3n) is 3.72. The van der Waals surface area contributed by atoms with E-state index in [1.807, 2.05) is 36.6 Å². The first-order valence-electron chi connectivity index (χ1n) is 7.67. The van der Waals surface area contributed by atoms with Gasteiger partial charge in [0.25, 0.3) is 5.91 Å². The number of anilines is 1. The maximum atomic E-state index is 12.6. The minimum Gasteiger partial charge on any atom is -0.493 e. The molecule has 3 rings (SSSR count). The Kier molecular flexibility index (Phi) is 5.00. The monoisotopic (exact) mass is 354 g/mol. The predicted molar refractivity (Wildman–Crippen MR) is 99.8 cm³/mol. The Labute approximate surface area is 150 Å². The van der Waals surface area contributed by atoms with Crippen LogP contribution in [0.1, 0.15) is 15.4 Å². The summed E-state index contributed by atoms with van der Waals surface area (Å²) in [5.74, 6) is 0.872. The molecule has 0 saturated carbocycles. The van der Waals surface area contributed by atoms with E-state index in [-0.39, 0.29) is 5.91 Å². The Morgan fingerprint density at radius 1 is 1.08 bits per heavy atom. The fourth-order valence-electron chi connectivity index (χ4n) is 2.47. The van der Waals surface area contributed by atoms with Crippen LogP contribution in [-0.2, 0) is 0 Å². The van der Waals surface area contributed by atoms with Gasteiger partial charge in [-0.05, 0) is 31.2 Å². The van der Waals surface area contributed by atoms with Crippen LogP contribution in [0.25, 0.3) is 11.3 Å². The molecule has 0 aliphatic carbocycles. The smallest absolute Gasteiger partial charge is 0.255 e. The largest absolute Gasteiger partial charge is 0.493 e. The summed E-state index contributed by atoms with van der Waals surface area (Å²) in [6.45, 7) is 1.96. The van der Waals surface area contributed by atoms with Gasteiger partial charge < -0.3 is 14.8 Å². The van der Waals surface area contributed by atoms with Crippen molar-refractivity contribution in [2.24, 2.45) is 0 Å². The van der Waals surface area contributed by atoms with Gasteiger partial charge in [-0.1, -0.05) is 18.2 Å². The number of nitrogens with one attached hydrogen (secondary N) is 1. The predicted octanol–water partition coefficient (Wildman–Crippen LogP) is 4.39. The molecule has 1 aromatic heterocycles. The first kappa shape index (κ1) is 17.0. The molecule has 6 heteroatoms.